The molecule has 0 spiro atoms. The van der Waals surface area contributed by atoms with Crippen molar-refractivity contribution in [3.63, 3.8) is 0 Å². The standard InChI is InChI=1S/C20H24N4O2S/c25-18(22-16-10-6-12-21-19(16)26)13-27-20-23-15-9-4-5-11-17(15)24(20)14-7-2-1-3-8-14/h1-3,7-8,16H,4-6,9-13H2,(H,21,26)(H,22,25)/t16-/m1/s1. The van der Waals surface area contributed by atoms with Crippen molar-refractivity contribution in [3.8, 4) is 5.69 Å². The molecule has 2 heterocycles. The molecule has 2 amide bonds. The third kappa shape index (κ3) is 4.03. The van der Waals surface area contributed by atoms with Gasteiger partial charge in [-0.1, -0.05) is 30.0 Å². The zero-order chi connectivity index (χ0) is 18.6. The number of rotatable bonds is 5. The van der Waals surface area contributed by atoms with Gasteiger partial charge in [0.2, 0.25) is 11.8 Å². The summed E-state index contributed by atoms with van der Waals surface area (Å²) in [6, 6.07) is 9.79. The van der Waals surface area contributed by atoms with Crippen LogP contribution in [0.5, 0.6) is 0 Å². The van der Waals surface area contributed by atoms with Crippen LogP contribution in [0.15, 0.2) is 35.5 Å². The Hall–Kier alpha value is -2.28. The van der Waals surface area contributed by atoms with Gasteiger partial charge in [-0.05, 0) is 50.7 Å². The molecule has 0 unspecified atom stereocenters. The molecule has 1 aromatic heterocycles. The number of hydrogen-bond acceptors (Lipinski definition) is 4. The second kappa shape index (κ2) is 8.17. The van der Waals surface area contributed by atoms with Crippen LogP contribution in [0.1, 0.15) is 37.1 Å². The van der Waals surface area contributed by atoms with Crippen LogP contribution >= 0.6 is 11.8 Å². The van der Waals surface area contributed by atoms with Crippen molar-refractivity contribution in [1.82, 2.24) is 20.2 Å². The molecule has 6 nitrogen and oxygen atoms in total. The first kappa shape index (κ1) is 18.1. The Kier molecular flexibility index (Phi) is 5.48. The summed E-state index contributed by atoms with van der Waals surface area (Å²) in [6.07, 6.45) is 5.96. The average Bonchev–Trinajstić information content (AvgIpc) is 3.07. The van der Waals surface area contributed by atoms with Crippen LogP contribution < -0.4 is 10.6 Å². The molecule has 0 radical (unpaired) electrons. The van der Waals surface area contributed by atoms with Gasteiger partial charge in [0.05, 0.1) is 11.4 Å². The largest absolute Gasteiger partial charge is 0.354 e. The summed E-state index contributed by atoms with van der Waals surface area (Å²) in [7, 11) is 0. The van der Waals surface area contributed by atoms with E-state index in [0.717, 1.165) is 35.8 Å². The fraction of sp³-hybridized carbons (Fsp3) is 0.450. The number of thioether (sulfide) groups is 1. The topological polar surface area (TPSA) is 76.0 Å². The molecule has 142 valence electrons. The van der Waals surface area contributed by atoms with E-state index in [4.69, 9.17) is 4.98 Å². The van der Waals surface area contributed by atoms with Crippen LogP contribution in [0.2, 0.25) is 0 Å². The van der Waals surface area contributed by atoms with Crippen molar-refractivity contribution in [2.75, 3.05) is 12.3 Å². The molecular weight excluding hydrogens is 360 g/mol. The van der Waals surface area contributed by atoms with Gasteiger partial charge in [0, 0.05) is 17.9 Å². The minimum Gasteiger partial charge on any atom is -0.354 e. The van der Waals surface area contributed by atoms with Crippen LogP contribution in [0.25, 0.3) is 5.69 Å². The van der Waals surface area contributed by atoms with E-state index < -0.39 is 6.04 Å². The number of nitrogens with zero attached hydrogens (tertiary/aromatic N) is 2. The number of carbonyl (C=O) groups is 2. The Morgan fingerprint density at radius 2 is 2.04 bits per heavy atom. The lowest BCUT2D eigenvalue weighted by Crippen LogP contribution is -2.50. The number of para-hydroxylation sites is 1. The summed E-state index contributed by atoms with van der Waals surface area (Å²) in [5.41, 5.74) is 3.50. The minimum atomic E-state index is -0.408. The molecule has 0 saturated carbocycles. The van der Waals surface area contributed by atoms with Gasteiger partial charge in [-0.3, -0.25) is 14.2 Å². The molecule has 1 atom stereocenters. The van der Waals surface area contributed by atoms with E-state index in [1.54, 1.807) is 0 Å². The summed E-state index contributed by atoms with van der Waals surface area (Å²) >= 11 is 1.44. The highest BCUT2D eigenvalue weighted by molar-refractivity contribution is 7.99. The third-order valence-corrected chi connectivity index (χ3v) is 6.01. The summed E-state index contributed by atoms with van der Waals surface area (Å²) in [5.74, 6) is 0.0513. The predicted molar refractivity (Wildman–Crippen MR) is 105 cm³/mol. The summed E-state index contributed by atoms with van der Waals surface area (Å²) in [6.45, 7) is 0.694. The first-order valence-corrected chi connectivity index (χ1v) is 10.6. The SMILES string of the molecule is O=C(CSc1nc2c(n1-c1ccccc1)CCCC2)N[C@@H]1CCCNC1=O. The summed E-state index contributed by atoms with van der Waals surface area (Å²) < 4.78 is 2.19. The minimum absolute atomic E-state index is 0.0825. The van der Waals surface area contributed by atoms with Gasteiger partial charge in [-0.2, -0.15) is 0 Å². The molecule has 1 fully saturated rings. The normalized spacial score (nSPS) is 19.3. The summed E-state index contributed by atoms with van der Waals surface area (Å²) in [5, 5.41) is 6.51. The number of aryl methyl sites for hydroxylation is 1. The second-order valence-electron chi connectivity index (χ2n) is 7.01. The fourth-order valence-corrected chi connectivity index (χ4v) is 4.59. The number of fused-ring (bicyclic) bond motifs is 1. The lowest BCUT2D eigenvalue weighted by Gasteiger charge is -2.22. The lowest BCUT2D eigenvalue weighted by atomic mass is 10.0. The van der Waals surface area contributed by atoms with Crippen LogP contribution in [0.3, 0.4) is 0 Å². The molecule has 2 aromatic rings. The van der Waals surface area contributed by atoms with Crippen molar-refractivity contribution >= 4 is 23.6 Å². The van der Waals surface area contributed by atoms with E-state index >= 15 is 0 Å². The van der Waals surface area contributed by atoms with Crippen molar-refractivity contribution in [3.05, 3.63) is 41.7 Å². The fourth-order valence-electron chi connectivity index (χ4n) is 3.73. The Morgan fingerprint density at radius 3 is 2.85 bits per heavy atom. The van der Waals surface area contributed by atoms with Crippen LogP contribution in [-0.2, 0) is 22.4 Å². The first-order chi connectivity index (χ1) is 13.2. The molecule has 0 bridgehead atoms. The average molecular weight is 385 g/mol. The second-order valence-corrected chi connectivity index (χ2v) is 7.95. The van der Waals surface area contributed by atoms with Gasteiger partial charge in [0.15, 0.2) is 5.16 Å². The number of nitrogens with one attached hydrogen (secondary N) is 2. The number of piperidine rings is 1. The van der Waals surface area contributed by atoms with Crippen molar-refractivity contribution in [2.24, 2.45) is 0 Å². The quantitative estimate of drug-likeness (QED) is 0.775. The first-order valence-electron chi connectivity index (χ1n) is 9.58. The highest BCUT2D eigenvalue weighted by atomic mass is 32.2. The van der Waals surface area contributed by atoms with E-state index in [0.29, 0.717) is 13.0 Å². The molecule has 7 heteroatoms. The number of imidazole rings is 1. The van der Waals surface area contributed by atoms with Gasteiger partial charge in [0.25, 0.3) is 0 Å². The maximum absolute atomic E-state index is 12.4. The number of carbonyl (C=O) groups excluding carboxylic acids is 2. The van der Waals surface area contributed by atoms with E-state index in [2.05, 4.69) is 27.3 Å². The van der Waals surface area contributed by atoms with Gasteiger partial charge >= 0.3 is 0 Å². The Bertz CT molecular complexity index is 834. The molecule has 4 rings (SSSR count). The Labute approximate surface area is 163 Å². The lowest BCUT2D eigenvalue weighted by molar-refractivity contribution is -0.129. The Balaban J connectivity index is 1.49. The predicted octanol–water partition coefficient (Wildman–Crippen LogP) is 2.24. The van der Waals surface area contributed by atoms with E-state index in [1.165, 1.54) is 30.3 Å². The zero-order valence-corrected chi connectivity index (χ0v) is 16.1. The number of amides is 2. The molecule has 1 aliphatic carbocycles. The van der Waals surface area contributed by atoms with Gasteiger partial charge < -0.3 is 10.6 Å². The van der Waals surface area contributed by atoms with Crippen LogP contribution in [0, 0.1) is 0 Å². The third-order valence-electron chi connectivity index (χ3n) is 5.07. The van der Waals surface area contributed by atoms with Crippen LogP contribution in [0.4, 0.5) is 0 Å². The highest BCUT2D eigenvalue weighted by Crippen LogP contribution is 2.30. The van der Waals surface area contributed by atoms with Crippen molar-refractivity contribution in [2.45, 2.75) is 49.7 Å². The van der Waals surface area contributed by atoms with E-state index in [1.807, 2.05) is 18.2 Å². The molecule has 1 aliphatic heterocycles. The molecule has 1 aromatic carbocycles. The molecular formula is C20H24N4O2S. The van der Waals surface area contributed by atoms with Gasteiger partial charge in [-0.25, -0.2) is 4.98 Å². The number of aromatic nitrogens is 2. The smallest absolute Gasteiger partial charge is 0.242 e. The number of hydrogen-bond donors (Lipinski definition) is 2. The van der Waals surface area contributed by atoms with Crippen molar-refractivity contribution in [1.29, 1.82) is 0 Å². The maximum Gasteiger partial charge on any atom is 0.242 e. The number of benzene rings is 1. The zero-order valence-electron chi connectivity index (χ0n) is 15.2. The maximum atomic E-state index is 12.4. The van der Waals surface area contributed by atoms with Gasteiger partial charge in [-0.15, -0.1) is 0 Å². The molecule has 1 saturated heterocycles. The van der Waals surface area contributed by atoms with E-state index in [9.17, 15) is 9.59 Å². The molecule has 2 aliphatic rings. The molecule has 2 N–H and O–H groups in total. The van der Waals surface area contributed by atoms with Crippen molar-refractivity contribution < 1.29 is 9.59 Å². The van der Waals surface area contributed by atoms with Crippen LogP contribution in [-0.4, -0.2) is 39.7 Å². The van der Waals surface area contributed by atoms with Gasteiger partial charge in [0.1, 0.15) is 6.04 Å². The van der Waals surface area contributed by atoms with E-state index in [-0.39, 0.29) is 17.6 Å². The monoisotopic (exact) mass is 384 g/mol. The Morgan fingerprint density at radius 1 is 1.22 bits per heavy atom. The highest BCUT2D eigenvalue weighted by Gasteiger charge is 2.25. The summed E-state index contributed by atoms with van der Waals surface area (Å²) in [4.78, 5) is 29.0. The molecule has 27 heavy (non-hydrogen) atoms.